The summed E-state index contributed by atoms with van der Waals surface area (Å²) >= 11 is 0. The maximum Gasteiger partial charge on any atom is 0.449 e. The van der Waals surface area contributed by atoms with E-state index in [4.69, 9.17) is 10.3 Å². The molecular formula is C12H9F3N4O. The first-order valence-corrected chi connectivity index (χ1v) is 5.67. The van der Waals surface area contributed by atoms with Gasteiger partial charge in [0, 0.05) is 11.8 Å². The Balaban J connectivity index is 2.20. The molecule has 2 aromatic heterocycles. The van der Waals surface area contributed by atoms with E-state index in [2.05, 4.69) is 10.1 Å². The smallest absolute Gasteiger partial charge is 0.399 e. The van der Waals surface area contributed by atoms with Gasteiger partial charge >= 0.3 is 6.18 Å². The van der Waals surface area contributed by atoms with E-state index >= 15 is 0 Å². The first-order valence-electron chi connectivity index (χ1n) is 5.67. The number of hydrogen-bond donors (Lipinski definition) is 1. The second-order valence-corrected chi connectivity index (χ2v) is 4.25. The number of alkyl halides is 3. The van der Waals surface area contributed by atoms with Gasteiger partial charge in [-0.15, -0.1) is 0 Å². The highest BCUT2D eigenvalue weighted by Crippen LogP contribution is 2.32. The van der Waals surface area contributed by atoms with E-state index in [1.807, 2.05) is 0 Å². The van der Waals surface area contributed by atoms with Gasteiger partial charge in [0.15, 0.2) is 5.76 Å². The van der Waals surface area contributed by atoms with Crippen LogP contribution in [-0.2, 0) is 12.7 Å². The van der Waals surface area contributed by atoms with Crippen LogP contribution in [0.25, 0.3) is 11.0 Å². The van der Waals surface area contributed by atoms with E-state index in [1.54, 1.807) is 0 Å². The van der Waals surface area contributed by atoms with Gasteiger partial charge in [-0.3, -0.25) is 0 Å². The molecular weight excluding hydrogens is 273 g/mol. The average molecular weight is 282 g/mol. The fourth-order valence-electron chi connectivity index (χ4n) is 2.00. The Bertz CT molecular complexity index is 746. The SMILES string of the molecule is Nc1ccc2c(c1)nc(C(F)(F)F)n2Cc1ccno1. The predicted molar refractivity (Wildman–Crippen MR) is 64.8 cm³/mol. The Morgan fingerprint density at radius 1 is 1.25 bits per heavy atom. The van der Waals surface area contributed by atoms with Crippen LogP contribution in [-0.4, -0.2) is 14.7 Å². The van der Waals surface area contributed by atoms with Crippen LogP contribution in [0.15, 0.2) is 35.0 Å². The summed E-state index contributed by atoms with van der Waals surface area (Å²) in [5.74, 6) is -0.680. The Morgan fingerprint density at radius 3 is 2.70 bits per heavy atom. The maximum atomic E-state index is 13.1. The molecule has 0 aliphatic carbocycles. The minimum absolute atomic E-state index is 0.102. The van der Waals surface area contributed by atoms with Gasteiger partial charge in [-0.05, 0) is 18.2 Å². The number of fused-ring (bicyclic) bond motifs is 1. The normalized spacial score (nSPS) is 12.2. The lowest BCUT2D eigenvalue weighted by molar-refractivity contribution is -0.146. The summed E-state index contributed by atoms with van der Waals surface area (Å²) in [6.45, 7) is -0.102. The molecule has 2 heterocycles. The minimum atomic E-state index is -4.56. The number of aromatic nitrogens is 3. The van der Waals surface area contributed by atoms with Crippen molar-refractivity contribution in [3.8, 4) is 0 Å². The van der Waals surface area contributed by atoms with Gasteiger partial charge in [-0.2, -0.15) is 13.2 Å². The second kappa shape index (κ2) is 4.26. The number of halogens is 3. The number of rotatable bonds is 2. The van der Waals surface area contributed by atoms with Crippen LogP contribution < -0.4 is 5.73 Å². The zero-order valence-corrected chi connectivity index (χ0v) is 10.1. The quantitative estimate of drug-likeness (QED) is 0.734. The number of nitrogens with two attached hydrogens (primary N) is 1. The minimum Gasteiger partial charge on any atom is -0.399 e. The molecule has 0 amide bonds. The molecule has 0 atom stereocenters. The third-order valence-corrected chi connectivity index (χ3v) is 2.83. The van der Waals surface area contributed by atoms with Crippen molar-refractivity contribution in [3.05, 3.63) is 42.0 Å². The summed E-state index contributed by atoms with van der Waals surface area (Å²) in [6, 6.07) is 5.94. The van der Waals surface area contributed by atoms with Gasteiger partial charge in [-0.25, -0.2) is 4.98 Å². The standard InChI is InChI=1S/C12H9F3N4O/c13-12(14,15)11-18-9-5-7(16)1-2-10(9)19(11)6-8-3-4-17-20-8/h1-5H,6,16H2. The lowest BCUT2D eigenvalue weighted by atomic mass is 10.3. The van der Waals surface area contributed by atoms with Crippen LogP contribution in [0.2, 0.25) is 0 Å². The third-order valence-electron chi connectivity index (χ3n) is 2.83. The van der Waals surface area contributed by atoms with Crippen molar-refractivity contribution in [3.63, 3.8) is 0 Å². The van der Waals surface area contributed by atoms with Crippen molar-refractivity contribution < 1.29 is 17.7 Å². The molecule has 0 radical (unpaired) electrons. The van der Waals surface area contributed by atoms with Crippen LogP contribution in [0, 0.1) is 0 Å². The second-order valence-electron chi connectivity index (χ2n) is 4.25. The summed E-state index contributed by atoms with van der Waals surface area (Å²) in [6.07, 6.45) is -3.19. The molecule has 3 rings (SSSR count). The van der Waals surface area contributed by atoms with E-state index in [9.17, 15) is 13.2 Å². The van der Waals surface area contributed by atoms with Gasteiger partial charge in [0.05, 0.1) is 23.8 Å². The lowest BCUT2D eigenvalue weighted by Crippen LogP contribution is -2.15. The van der Waals surface area contributed by atoms with Crippen molar-refractivity contribution in [2.75, 3.05) is 5.73 Å². The van der Waals surface area contributed by atoms with Crippen LogP contribution in [0.4, 0.5) is 18.9 Å². The molecule has 0 bridgehead atoms. The van der Waals surface area contributed by atoms with E-state index in [0.717, 1.165) is 4.57 Å². The summed E-state index contributed by atoms with van der Waals surface area (Å²) in [5.41, 5.74) is 6.45. The Labute approximate surface area is 110 Å². The fraction of sp³-hybridized carbons (Fsp3) is 0.167. The molecule has 0 aliphatic heterocycles. The van der Waals surface area contributed by atoms with E-state index < -0.39 is 12.0 Å². The number of imidazole rings is 1. The van der Waals surface area contributed by atoms with Gasteiger partial charge in [0.1, 0.15) is 0 Å². The van der Waals surface area contributed by atoms with Crippen LogP contribution in [0.3, 0.4) is 0 Å². The number of anilines is 1. The molecule has 0 fully saturated rings. The van der Waals surface area contributed by atoms with E-state index in [1.165, 1.54) is 30.5 Å². The number of nitrogen functional groups attached to an aromatic ring is 1. The average Bonchev–Trinajstić information content (AvgIpc) is 2.97. The number of hydrogen-bond acceptors (Lipinski definition) is 4. The van der Waals surface area contributed by atoms with Crippen molar-refractivity contribution in [2.45, 2.75) is 12.7 Å². The highest BCUT2D eigenvalue weighted by atomic mass is 19.4. The summed E-state index contributed by atoms with van der Waals surface area (Å²) in [5, 5.41) is 3.48. The monoisotopic (exact) mass is 282 g/mol. The molecule has 5 nitrogen and oxygen atoms in total. The predicted octanol–water partition coefficient (Wildman–Crippen LogP) is 2.67. The molecule has 1 aromatic carbocycles. The first kappa shape index (κ1) is 12.5. The molecule has 0 unspecified atom stereocenters. The summed E-state index contributed by atoms with van der Waals surface area (Å²) < 4.78 is 45.1. The van der Waals surface area contributed by atoms with Gasteiger partial charge in [0.2, 0.25) is 5.82 Å². The molecule has 2 N–H and O–H groups in total. The number of benzene rings is 1. The molecule has 0 aliphatic rings. The molecule has 0 saturated carbocycles. The Hall–Kier alpha value is -2.51. The zero-order valence-electron chi connectivity index (χ0n) is 10.1. The number of nitrogens with zero attached hydrogens (tertiary/aromatic N) is 3. The Kier molecular flexibility index (Phi) is 2.66. The molecule has 0 spiro atoms. The fourth-order valence-corrected chi connectivity index (χ4v) is 2.00. The van der Waals surface area contributed by atoms with Crippen molar-refractivity contribution in [1.29, 1.82) is 0 Å². The van der Waals surface area contributed by atoms with Crippen LogP contribution >= 0.6 is 0 Å². The maximum absolute atomic E-state index is 13.1. The van der Waals surface area contributed by atoms with Gasteiger partial charge in [0.25, 0.3) is 0 Å². The topological polar surface area (TPSA) is 69.9 Å². The zero-order chi connectivity index (χ0) is 14.3. The molecule has 104 valence electrons. The third kappa shape index (κ3) is 2.09. The van der Waals surface area contributed by atoms with Crippen molar-refractivity contribution in [2.24, 2.45) is 0 Å². The van der Waals surface area contributed by atoms with E-state index in [0.29, 0.717) is 17.0 Å². The molecule has 8 heteroatoms. The van der Waals surface area contributed by atoms with Gasteiger partial charge in [-0.1, -0.05) is 5.16 Å². The molecule has 20 heavy (non-hydrogen) atoms. The van der Waals surface area contributed by atoms with Crippen molar-refractivity contribution >= 4 is 16.7 Å². The first-order chi connectivity index (χ1) is 9.45. The summed E-state index contributed by atoms with van der Waals surface area (Å²) in [7, 11) is 0. The summed E-state index contributed by atoms with van der Waals surface area (Å²) in [4.78, 5) is 3.62. The van der Waals surface area contributed by atoms with Crippen LogP contribution in [0.5, 0.6) is 0 Å². The highest BCUT2D eigenvalue weighted by Gasteiger charge is 2.37. The lowest BCUT2D eigenvalue weighted by Gasteiger charge is -2.09. The van der Waals surface area contributed by atoms with Crippen LogP contribution in [0.1, 0.15) is 11.6 Å². The largest absolute Gasteiger partial charge is 0.449 e. The van der Waals surface area contributed by atoms with Crippen molar-refractivity contribution in [1.82, 2.24) is 14.7 Å². The molecule has 3 aromatic rings. The van der Waals surface area contributed by atoms with Gasteiger partial charge < -0.3 is 14.8 Å². The molecule has 0 saturated heterocycles. The Morgan fingerprint density at radius 2 is 2.05 bits per heavy atom. The highest BCUT2D eigenvalue weighted by molar-refractivity contribution is 5.79. The van der Waals surface area contributed by atoms with E-state index in [-0.39, 0.29) is 12.1 Å².